The molecule has 0 unspecified atom stereocenters. The lowest BCUT2D eigenvalue weighted by Gasteiger charge is -2.18. The third-order valence-corrected chi connectivity index (χ3v) is 4.26. The van der Waals surface area contributed by atoms with E-state index in [0.717, 1.165) is 11.3 Å². The molecule has 0 saturated carbocycles. The fraction of sp³-hybridized carbons (Fsp3) is 0.348. The van der Waals surface area contributed by atoms with Crippen LogP contribution in [0.4, 0.5) is 11.4 Å². The lowest BCUT2D eigenvalue weighted by atomic mass is 9.95. The highest BCUT2D eigenvalue weighted by molar-refractivity contribution is 5.98. The van der Waals surface area contributed by atoms with Gasteiger partial charge in [-0.2, -0.15) is 0 Å². The Morgan fingerprint density at radius 1 is 0.897 bits per heavy atom. The Morgan fingerprint density at radius 2 is 1.55 bits per heavy atom. The van der Waals surface area contributed by atoms with Gasteiger partial charge in [0.05, 0.1) is 0 Å². The fourth-order valence-corrected chi connectivity index (χ4v) is 2.33. The first-order valence-corrected chi connectivity index (χ1v) is 9.66. The monoisotopic (exact) mass is 395 g/mol. The minimum Gasteiger partial charge on any atom is -0.348 e. The molecule has 0 fully saturated rings. The minimum absolute atomic E-state index is 0.0375. The molecule has 2 aromatic carbocycles. The summed E-state index contributed by atoms with van der Waals surface area (Å²) in [7, 11) is 0. The van der Waals surface area contributed by atoms with Crippen LogP contribution < -0.4 is 16.0 Å². The molecule has 3 amide bonds. The van der Waals surface area contributed by atoms with Crippen molar-refractivity contribution in [3.05, 3.63) is 59.7 Å². The van der Waals surface area contributed by atoms with Gasteiger partial charge in [-0.25, -0.2) is 0 Å². The fourth-order valence-electron chi connectivity index (χ4n) is 2.33. The molecule has 0 aliphatic carbocycles. The smallest absolute Gasteiger partial charge is 0.251 e. The second kappa shape index (κ2) is 9.37. The number of hydrogen-bond donors (Lipinski definition) is 3. The SMILES string of the molecule is CC(C)C(=O)Nc1ccc(CNC(=O)c2cccc(NC(=O)C(C)(C)C)c2)cc1. The van der Waals surface area contributed by atoms with Gasteiger partial charge in [0, 0.05) is 34.8 Å². The minimum atomic E-state index is -0.515. The molecular weight excluding hydrogens is 366 g/mol. The number of benzene rings is 2. The maximum absolute atomic E-state index is 12.5. The van der Waals surface area contributed by atoms with Gasteiger partial charge >= 0.3 is 0 Å². The molecule has 0 aromatic heterocycles. The van der Waals surface area contributed by atoms with Crippen LogP contribution in [-0.2, 0) is 16.1 Å². The van der Waals surface area contributed by atoms with Gasteiger partial charge in [0.15, 0.2) is 0 Å². The van der Waals surface area contributed by atoms with E-state index < -0.39 is 5.41 Å². The van der Waals surface area contributed by atoms with E-state index in [2.05, 4.69) is 16.0 Å². The van der Waals surface area contributed by atoms with Crippen molar-refractivity contribution in [2.24, 2.45) is 11.3 Å². The lowest BCUT2D eigenvalue weighted by Crippen LogP contribution is -2.28. The highest BCUT2D eigenvalue weighted by Crippen LogP contribution is 2.18. The van der Waals surface area contributed by atoms with E-state index in [9.17, 15) is 14.4 Å². The molecule has 154 valence electrons. The molecule has 0 aliphatic rings. The van der Waals surface area contributed by atoms with Crippen LogP contribution in [0.2, 0.25) is 0 Å². The third kappa shape index (κ3) is 6.75. The number of carbonyl (C=O) groups excluding carboxylic acids is 3. The van der Waals surface area contributed by atoms with Crippen molar-refractivity contribution in [1.29, 1.82) is 0 Å². The summed E-state index contributed by atoms with van der Waals surface area (Å²) in [5, 5.41) is 8.52. The Hall–Kier alpha value is -3.15. The summed E-state index contributed by atoms with van der Waals surface area (Å²) >= 11 is 0. The molecule has 2 aromatic rings. The van der Waals surface area contributed by atoms with E-state index in [0.29, 0.717) is 17.8 Å². The summed E-state index contributed by atoms with van der Waals surface area (Å²) in [5.74, 6) is -0.462. The molecule has 29 heavy (non-hydrogen) atoms. The normalized spacial score (nSPS) is 11.1. The zero-order valence-electron chi connectivity index (χ0n) is 17.6. The topological polar surface area (TPSA) is 87.3 Å². The van der Waals surface area contributed by atoms with E-state index in [4.69, 9.17) is 0 Å². The quantitative estimate of drug-likeness (QED) is 0.685. The van der Waals surface area contributed by atoms with Gasteiger partial charge in [0.1, 0.15) is 0 Å². The second-order valence-corrected chi connectivity index (χ2v) is 8.31. The predicted molar refractivity (Wildman–Crippen MR) is 116 cm³/mol. The van der Waals surface area contributed by atoms with Gasteiger partial charge in [-0.3, -0.25) is 14.4 Å². The maximum atomic E-state index is 12.5. The Kier molecular flexibility index (Phi) is 7.15. The summed E-state index contributed by atoms with van der Waals surface area (Å²) < 4.78 is 0. The summed E-state index contributed by atoms with van der Waals surface area (Å²) in [4.78, 5) is 36.3. The van der Waals surface area contributed by atoms with E-state index in [1.807, 2.05) is 58.9 Å². The zero-order valence-corrected chi connectivity index (χ0v) is 17.6. The van der Waals surface area contributed by atoms with Gasteiger partial charge in [-0.15, -0.1) is 0 Å². The highest BCUT2D eigenvalue weighted by atomic mass is 16.2. The molecule has 0 bridgehead atoms. The first kappa shape index (κ1) is 22.1. The van der Waals surface area contributed by atoms with E-state index in [1.165, 1.54) is 0 Å². The standard InChI is InChI=1S/C23H29N3O3/c1-15(2)20(27)25-18-11-9-16(10-12-18)14-24-21(28)17-7-6-8-19(13-17)26-22(29)23(3,4)5/h6-13,15H,14H2,1-5H3,(H,24,28)(H,25,27)(H,26,29). The lowest BCUT2D eigenvalue weighted by molar-refractivity contribution is -0.123. The van der Waals surface area contributed by atoms with Crippen LogP contribution in [0, 0.1) is 11.3 Å². The molecule has 0 heterocycles. The first-order valence-electron chi connectivity index (χ1n) is 9.66. The van der Waals surface area contributed by atoms with Crippen molar-refractivity contribution in [3.8, 4) is 0 Å². The molecule has 0 saturated heterocycles. The number of amides is 3. The van der Waals surface area contributed by atoms with Crippen LogP contribution >= 0.6 is 0 Å². The summed E-state index contributed by atoms with van der Waals surface area (Å²) in [6, 6.07) is 14.2. The number of rotatable bonds is 6. The Balaban J connectivity index is 1.95. The molecule has 2 rings (SSSR count). The van der Waals surface area contributed by atoms with Gasteiger partial charge in [-0.05, 0) is 35.9 Å². The number of anilines is 2. The Bertz CT molecular complexity index is 881. The summed E-state index contributed by atoms with van der Waals surface area (Å²) in [6.07, 6.45) is 0. The van der Waals surface area contributed by atoms with Gasteiger partial charge < -0.3 is 16.0 Å². The van der Waals surface area contributed by atoms with Gasteiger partial charge in [0.2, 0.25) is 11.8 Å². The molecule has 6 heteroatoms. The van der Waals surface area contributed by atoms with Gasteiger partial charge in [0.25, 0.3) is 5.91 Å². The predicted octanol–water partition coefficient (Wildman–Crippen LogP) is 4.20. The number of carbonyl (C=O) groups is 3. The molecule has 0 aliphatic heterocycles. The largest absolute Gasteiger partial charge is 0.348 e. The van der Waals surface area contributed by atoms with Crippen molar-refractivity contribution in [3.63, 3.8) is 0 Å². The molecule has 3 N–H and O–H groups in total. The van der Waals surface area contributed by atoms with E-state index >= 15 is 0 Å². The van der Waals surface area contributed by atoms with Crippen LogP contribution in [0.5, 0.6) is 0 Å². The van der Waals surface area contributed by atoms with E-state index in [1.54, 1.807) is 24.3 Å². The number of hydrogen-bond acceptors (Lipinski definition) is 3. The summed E-state index contributed by atoms with van der Waals surface area (Å²) in [5.41, 5.74) is 2.18. The highest BCUT2D eigenvalue weighted by Gasteiger charge is 2.21. The molecule has 0 atom stereocenters. The molecule has 0 radical (unpaired) electrons. The summed E-state index contributed by atoms with van der Waals surface area (Å²) in [6.45, 7) is 9.52. The number of nitrogens with one attached hydrogen (secondary N) is 3. The molecule has 6 nitrogen and oxygen atoms in total. The first-order chi connectivity index (χ1) is 13.6. The third-order valence-electron chi connectivity index (χ3n) is 4.26. The van der Waals surface area contributed by atoms with E-state index in [-0.39, 0.29) is 23.6 Å². The van der Waals surface area contributed by atoms with Crippen LogP contribution in [0.3, 0.4) is 0 Å². The average molecular weight is 396 g/mol. The average Bonchev–Trinajstić information content (AvgIpc) is 2.66. The molecule has 0 spiro atoms. The van der Waals surface area contributed by atoms with Crippen LogP contribution in [0.25, 0.3) is 0 Å². The van der Waals surface area contributed by atoms with Crippen LogP contribution in [0.1, 0.15) is 50.5 Å². The van der Waals surface area contributed by atoms with Gasteiger partial charge in [-0.1, -0.05) is 52.8 Å². The Labute approximate surface area is 172 Å². The second-order valence-electron chi connectivity index (χ2n) is 8.31. The molecular formula is C23H29N3O3. The van der Waals surface area contributed by atoms with Crippen molar-refractivity contribution in [2.45, 2.75) is 41.2 Å². The van der Waals surface area contributed by atoms with Crippen molar-refractivity contribution >= 4 is 29.1 Å². The van der Waals surface area contributed by atoms with Crippen molar-refractivity contribution in [2.75, 3.05) is 10.6 Å². The Morgan fingerprint density at radius 3 is 2.14 bits per heavy atom. The van der Waals surface area contributed by atoms with Crippen molar-refractivity contribution < 1.29 is 14.4 Å². The maximum Gasteiger partial charge on any atom is 0.251 e. The van der Waals surface area contributed by atoms with Crippen molar-refractivity contribution in [1.82, 2.24) is 5.32 Å². The van der Waals surface area contributed by atoms with Crippen LogP contribution in [0.15, 0.2) is 48.5 Å². The van der Waals surface area contributed by atoms with Crippen LogP contribution in [-0.4, -0.2) is 17.7 Å². The zero-order chi connectivity index (χ0) is 21.6.